The Kier molecular flexibility index (Phi) is 3.48. The Bertz CT molecular complexity index is 563. The molecule has 1 aromatic heterocycles. The van der Waals surface area contributed by atoms with Gasteiger partial charge in [0, 0.05) is 5.41 Å². The molecule has 2 heterocycles. The highest BCUT2D eigenvalue weighted by Gasteiger charge is 2.69. The molecule has 23 heavy (non-hydrogen) atoms. The van der Waals surface area contributed by atoms with Crippen molar-refractivity contribution < 1.29 is 14.3 Å². The Labute approximate surface area is 139 Å². The Morgan fingerprint density at radius 2 is 2.04 bits per heavy atom. The van der Waals surface area contributed by atoms with Crippen molar-refractivity contribution in [3.8, 4) is 0 Å². The zero-order chi connectivity index (χ0) is 16.3. The predicted molar refractivity (Wildman–Crippen MR) is 88.8 cm³/mol. The summed E-state index contributed by atoms with van der Waals surface area (Å²) in [6.07, 6.45) is 11.0. The number of ether oxygens (including phenoxy) is 1. The maximum absolute atomic E-state index is 11.0. The molecule has 4 rings (SSSR count). The Morgan fingerprint density at radius 3 is 2.78 bits per heavy atom. The minimum atomic E-state index is -0.589. The zero-order valence-electron chi connectivity index (χ0n) is 14.7. The van der Waals surface area contributed by atoms with Gasteiger partial charge in [0.1, 0.15) is 0 Å². The molecule has 2 saturated carbocycles. The SMILES string of the molecule is CC1(C)CCC[C@@]23C(O)O[C@@](C)(CC[C@@H]12)[C@@H]3CCc1ccoc1. The number of hydrogen-bond acceptors (Lipinski definition) is 3. The van der Waals surface area contributed by atoms with Crippen LogP contribution in [0.5, 0.6) is 0 Å². The van der Waals surface area contributed by atoms with Gasteiger partial charge in [-0.3, -0.25) is 0 Å². The summed E-state index contributed by atoms with van der Waals surface area (Å²) in [4.78, 5) is 0. The van der Waals surface area contributed by atoms with Crippen LogP contribution in [0.25, 0.3) is 0 Å². The average molecular weight is 318 g/mol. The molecule has 1 spiro atoms. The van der Waals surface area contributed by atoms with Crippen LogP contribution in [0.2, 0.25) is 0 Å². The zero-order valence-corrected chi connectivity index (χ0v) is 14.7. The summed E-state index contributed by atoms with van der Waals surface area (Å²) in [7, 11) is 0. The van der Waals surface area contributed by atoms with Crippen LogP contribution in [-0.2, 0) is 11.2 Å². The normalized spacial score (nSPS) is 45.0. The molecule has 1 aliphatic heterocycles. The summed E-state index contributed by atoms with van der Waals surface area (Å²) < 4.78 is 11.5. The van der Waals surface area contributed by atoms with Crippen LogP contribution in [0.3, 0.4) is 0 Å². The Hall–Kier alpha value is -0.800. The molecular weight excluding hydrogens is 288 g/mol. The van der Waals surface area contributed by atoms with Crippen LogP contribution < -0.4 is 0 Å². The summed E-state index contributed by atoms with van der Waals surface area (Å²) in [5.41, 5.74) is 1.37. The van der Waals surface area contributed by atoms with Crippen LogP contribution >= 0.6 is 0 Å². The third kappa shape index (κ3) is 2.16. The molecule has 1 N–H and O–H groups in total. The van der Waals surface area contributed by atoms with Crippen molar-refractivity contribution >= 4 is 0 Å². The molecule has 3 aliphatic rings. The monoisotopic (exact) mass is 318 g/mol. The smallest absolute Gasteiger partial charge is 0.161 e. The van der Waals surface area contributed by atoms with E-state index in [1.54, 1.807) is 6.26 Å². The second-order valence-corrected chi connectivity index (χ2v) is 9.05. The quantitative estimate of drug-likeness (QED) is 0.889. The second kappa shape index (κ2) is 5.10. The van der Waals surface area contributed by atoms with E-state index in [0.717, 1.165) is 25.7 Å². The van der Waals surface area contributed by atoms with Gasteiger partial charge >= 0.3 is 0 Å². The van der Waals surface area contributed by atoms with Gasteiger partial charge in [-0.05, 0) is 74.3 Å². The molecule has 2 bridgehead atoms. The van der Waals surface area contributed by atoms with Gasteiger partial charge in [0.2, 0.25) is 0 Å². The summed E-state index contributed by atoms with van der Waals surface area (Å²) in [6, 6.07) is 2.06. The lowest BCUT2D eigenvalue weighted by Crippen LogP contribution is -2.56. The van der Waals surface area contributed by atoms with E-state index < -0.39 is 6.29 Å². The predicted octanol–water partition coefficient (Wildman–Crippen LogP) is 4.54. The van der Waals surface area contributed by atoms with Crippen LogP contribution in [0.1, 0.15) is 64.9 Å². The largest absolute Gasteiger partial charge is 0.472 e. The second-order valence-electron chi connectivity index (χ2n) is 9.05. The molecule has 128 valence electrons. The van der Waals surface area contributed by atoms with Gasteiger partial charge in [0.15, 0.2) is 6.29 Å². The van der Waals surface area contributed by atoms with Crippen molar-refractivity contribution in [3.05, 3.63) is 24.2 Å². The molecule has 5 atom stereocenters. The minimum Gasteiger partial charge on any atom is -0.472 e. The molecule has 1 saturated heterocycles. The maximum Gasteiger partial charge on any atom is 0.161 e. The van der Waals surface area contributed by atoms with Gasteiger partial charge in [-0.25, -0.2) is 0 Å². The fourth-order valence-electron chi connectivity index (χ4n) is 6.47. The minimum absolute atomic E-state index is 0.0432. The number of fused-ring (bicyclic) bond motifs is 1. The first-order chi connectivity index (χ1) is 10.9. The van der Waals surface area contributed by atoms with E-state index in [9.17, 15) is 5.11 Å². The lowest BCUT2D eigenvalue weighted by atomic mass is 9.45. The van der Waals surface area contributed by atoms with E-state index in [1.165, 1.54) is 24.8 Å². The summed E-state index contributed by atoms with van der Waals surface area (Å²) in [5.74, 6) is 1.02. The molecular formula is C20H30O3. The lowest BCUT2D eigenvalue weighted by molar-refractivity contribution is -0.177. The number of aliphatic hydroxyl groups is 1. The number of hydrogen-bond donors (Lipinski definition) is 1. The first-order valence-corrected chi connectivity index (χ1v) is 9.25. The molecule has 3 nitrogen and oxygen atoms in total. The highest BCUT2D eigenvalue weighted by molar-refractivity contribution is 5.16. The third-order valence-corrected chi connectivity index (χ3v) is 7.48. The number of aryl methyl sites for hydroxylation is 1. The average Bonchev–Trinajstić information content (AvgIpc) is 3.01. The van der Waals surface area contributed by atoms with Gasteiger partial charge in [-0.15, -0.1) is 0 Å². The van der Waals surface area contributed by atoms with Crippen molar-refractivity contribution in [1.29, 1.82) is 0 Å². The van der Waals surface area contributed by atoms with Gasteiger partial charge < -0.3 is 14.3 Å². The third-order valence-electron chi connectivity index (χ3n) is 7.48. The van der Waals surface area contributed by atoms with E-state index in [-0.39, 0.29) is 11.0 Å². The standard InChI is InChI=1S/C20H30O3/c1-18(2)9-4-10-20-15(18)7-11-19(3,23-17(20)21)16(20)6-5-14-8-12-22-13-14/h8,12-13,15-17,21H,4-7,9-11H2,1-3H3/t15-,16-,17?,19-,20+/m0/s1. The van der Waals surface area contributed by atoms with E-state index in [4.69, 9.17) is 9.15 Å². The summed E-state index contributed by atoms with van der Waals surface area (Å²) in [6.45, 7) is 7.04. The fraction of sp³-hybridized carbons (Fsp3) is 0.800. The van der Waals surface area contributed by atoms with Gasteiger partial charge in [0.05, 0.1) is 18.1 Å². The number of aliphatic hydroxyl groups excluding tert-OH is 1. The highest BCUT2D eigenvalue weighted by atomic mass is 16.6. The first kappa shape index (κ1) is 15.7. The molecule has 2 aliphatic carbocycles. The molecule has 0 amide bonds. The van der Waals surface area contributed by atoms with Crippen molar-refractivity contribution in [1.82, 2.24) is 0 Å². The van der Waals surface area contributed by atoms with Crippen molar-refractivity contribution in [3.63, 3.8) is 0 Å². The summed E-state index contributed by atoms with van der Waals surface area (Å²) in [5, 5.41) is 11.0. The van der Waals surface area contributed by atoms with Crippen LogP contribution in [0.4, 0.5) is 0 Å². The van der Waals surface area contributed by atoms with Gasteiger partial charge in [0.25, 0.3) is 0 Å². The van der Waals surface area contributed by atoms with Crippen LogP contribution in [-0.4, -0.2) is 17.0 Å². The number of furan rings is 1. The van der Waals surface area contributed by atoms with Crippen molar-refractivity contribution in [2.45, 2.75) is 77.6 Å². The van der Waals surface area contributed by atoms with E-state index >= 15 is 0 Å². The van der Waals surface area contributed by atoms with E-state index in [1.807, 2.05) is 6.26 Å². The van der Waals surface area contributed by atoms with E-state index in [0.29, 0.717) is 17.3 Å². The maximum atomic E-state index is 11.0. The lowest BCUT2D eigenvalue weighted by Gasteiger charge is -2.57. The molecule has 3 heteroatoms. The van der Waals surface area contributed by atoms with E-state index in [2.05, 4.69) is 26.8 Å². The van der Waals surface area contributed by atoms with Gasteiger partial charge in [-0.1, -0.05) is 20.3 Å². The Balaban J connectivity index is 1.68. The molecule has 0 aromatic carbocycles. The van der Waals surface area contributed by atoms with Crippen molar-refractivity contribution in [2.75, 3.05) is 0 Å². The number of rotatable bonds is 3. The van der Waals surface area contributed by atoms with Crippen molar-refractivity contribution in [2.24, 2.45) is 22.7 Å². The topological polar surface area (TPSA) is 42.6 Å². The van der Waals surface area contributed by atoms with Crippen LogP contribution in [0, 0.1) is 22.7 Å². The van der Waals surface area contributed by atoms with Gasteiger partial charge in [-0.2, -0.15) is 0 Å². The molecule has 0 radical (unpaired) electrons. The fourth-order valence-corrected chi connectivity index (χ4v) is 6.47. The first-order valence-electron chi connectivity index (χ1n) is 9.25. The molecule has 3 fully saturated rings. The molecule has 1 unspecified atom stereocenters. The van der Waals surface area contributed by atoms with Crippen LogP contribution in [0.15, 0.2) is 23.0 Å². The highest BCUT2D eigenvalue weighted by Crippen LogP contribution is 2.69. The summed E-state index contributed by atoms with van der Waals surface area (Å²) >= 11 is 0. The molecule has 1 aromatic rings. The Morgan fingerprint density at radius 1 is 1.22 bits per heavy atom.